The van der Waals surface area contributed by atoms with Gasteiger partial charge in [0.15, 0.2) is 5.78 Å². The molecule has 88 valence electrons. The largest absolute Gasteiger partial charge is 0.497 e. The molecule has 0 saturated carbocycles. The molecule has 3 rings (SSSR count). The van der Waals surface area contributed by atoms with Crippen molar-refractivity contribution in [2.24, 2.45) is 0 Å². The van der Waals surface area contributed by atoms with Gasteiger partial charge >= 0.3 is 0 Å². The topological polar surface area (TPSA) is 42.1 Å². The second kappa shape index (κ2) is 4.01. The summed E-state index contributed by atoms with van der Waals surface area (Å²) in [6.45, 7) is 0. The molecule has 0 bridgehead atoms. The minimum atomic E-state index is 0.234. The van der Waals surface area contributed by atoms with Crippen LogP contribution in [0.15, 0.2) is 12.1 Å². The summed E-state index contributed by atoms with van der Waals surface area (Å²) in [5.74, 6) is 1.08. The summed E-state index contributed by atoms with van der Waals surface area (Å²) in [4.78, 5) is 15.1. The highest BCUT2D eigenvalue weighted by Gasteiger charge is 2.23. The zero-order valence-electron chi connectivity index (χ0n) is 9.47. The van der Waals surface area contributed by atoms with Crippen LogP contribution in [0.4, 0.5) is 0 Å². The first-order chi connectivity index (χ1) is 8.20. The molecule has 1 aromatic heterocycles. The number of halogens is 1. The second-order valence-electron chi connectivity index (χ2n) is 4.29. The molecular formula is C13H12INO2. The molecule has 0 radical (unpaired) electrons. The molecule has 0 fully saturated rings. The summed E-state index contributed by atoms with van der Waals surface area (Å²) < 4.78 is 6.38. The molecule has 1 heterocycles. The third kappa shape index (κ3) is 1.66. The molecular weight excluding hydrogens is 329 g/mol. The Morgan fingerprint density at radius 3 is 2.94 bits per heavy atom. The van der Waals surface area contributed by atoms with Crippen LogP contribution in [-0.4, -0.2) is 17.9 Å². The molecule has 0 aliphatic heterocycles. The number of H-pyrrole nitrogens is 1. The Hall–Kier alpha value is -1.04. The Morgan fingerprint density at radius 2 is 2.18 bits per heavy atom. The third-order valence-corrected chi connectivity index (χ3v) is 4.14. The number of hydrogen-bond acceptors (Lipinski definition) is 2. The number of carbonyl (C=O) groups is 1. The number of benzene rings is 1. The van der Waals surface area contributed by atoms with Crippen LogP contribution >= 0.6 is 22.6 Å². The van der Waals surface area contributed by atoms with Gasteiger partial charge in [0.05, 0.1) is 18.3 Å². The lowest BCUT2D eigenvalue weighted by molar-refractivity contribution is 0.0968. The maximum Gasteiger partial charge on any atom is 0.179 e. The molecule has 1 aromatic carbocycles. The van der Waals surface area contributed by atoms with Gasteiger partial charge in [0.1, 0.15) is 5.75 Å². The van der Waals surface area contributed by atoms with Gasteiger partial charge in [0, 0.05) is 15.4 Å². The number of hydrogen-bond donors (Lipinski definition) is 1. The highest BCUT2D eigenvalue weighted by atomic mass is 127. The number of carbonyl (C=O) groups excluding carboxylic acids is 1. The summed E-state index contributed by atoms with van der Waals surface area (Å²) in [5, 5.41) is 1.14. The first-order valence-corrected chi connectivity index (χ1v) is 6.70. The Kier molecular flexibility index (Phi) is 2.61. The predicted octanol–water partition coefficient (Wildman–Crippen LogP) is 3.30. The van der Waals surface area contributed by atoms with Gasteiger partial charge in [-0.25, -0.2) is 0 Å². The number of aromatic amines is 1. The van der Waals surface area contributed by atoms with Crippen LogP contribution in [0.1, 0.15) is 28.9 Å². The number of nitrogens with one attached hydrogen (secondary N) is 1. The number of fused-ring (bicyclic) bond motifs is 3. The average molecular weight is 341 g/mol. The van der Waals surface area contributed by atoms with Gasteiger partial charge in [-0.15, -0.1) is 0 Å². The maximum atomic E-state index is 11.9. The maximum absolute atomic E-state index is 11.9. The van der Waals surface area contributed by atoms with Gasteiger partial charge in [-0.2, -0.15) is 0 Å². The normalized spacial score (nSPS) is 15.1. The van der Waals surface area contributed by atoms with Gasteiger partial charge in [-0.3, -0.25) is 4.79 Å². The fourth-order valence-electron chi connectivity index (χ4n) is 2.45. The summed E-state index contributed by atoms with van der Waals surface area (Å²) in [6, 6.07) is 4.00. The van der Waals surface area contributed by atoms with E-state index < -0.39 is 0 Å². The number of methoxy groups -OCH3 is 1. The zero-order valence-corrected chi connectivity index (χ0v) is 11.6. The summed E-state index contributed by atoms with van der Waals surface area (Å²) in [5.41, 5.74) is 3.03. The van der Waals surface area contributed by atoms with Gasteiger partial charge in [-0.1, -0.05) is 0 Å². The summed E-state index contributed by atoms with van der Waals surface area (Å²) >= 11 is 2.27. The molecule has 0 saturated heterocycles. The Balaban J connectivity index is 2.34. The van der Waals surface area contributed by atoms with E-state index in [0.29, 0.717) is 6.42 Å². The van der Waals surface area contributed by atoms with Crippen molar-refractivity contribution in [2.45, 2.75) is 19.3 Å². The van der Waals surface area contributed by atoms with Crippen LogP contribution in [0.25, 0.3) is 10.9 Å². The van der Waals surface area contributed by atoms with E-state index in [4.69, 9.17) is 4.74 Å². The van der Waals surface area contributed by atoms with Gasteiger partial charge in [0.2, 0.25) is 0 Å². The van der Waals surface area contributed by atoms with Crippen molar-refractivity contribution in [1.82, 2.24) is 4.98 Å². The summed E-state index contributed by atoms with van der Waals surface area (Å²) in [6.07, 6.45) is 2.59. The van der Waals surface area contributed by atoms with Crippen LogP contribution in [0.5, 0.6) is 5.75 Å². The molecule has 1 aliphatic carbocycles. The van der Waals surface area contributed by atoms with Gasteiger partial charge in [0.25, 0.3) is 0 Å². The van der Waals surface area contributed by atoms with Crippen LogP contribution < -0.4 is 4.74 Å². The molecule has 1 aliphatic rings. The van der Waals surface area contributed by atoms with E-state index in [-0.39, 0.29) is 5.78 Å². The van der Waals surface area contributed by atoms with Gasteiger partial charge < -0.3 is 9.72 Å². The van der Waals surface area contributed by atoms with E-state index in [1.54, 1.807) is 7.11 Å². The molecule has 0 spiro atoms. The van der Waals surface area contributed by atoms with Crippen LogP contribution in [0.3, 0.4) is 0 Å². The Bertz CT molecular complexity index is 615. The van der Waals surface area contributed by atoms with Crippen molar-refractivity contribution in [3.63, 3.8) is 0 Å². The number of rotatable bonds is 1. The van der Waals surface area contributed by atoms with E-state index in [1.165, 1.54) is 0 Å². The van der Waals surface area contributed by atoms with Crippen molar-refractivity contribution in [3.05, 3.63) is 27.0 Å². The van der Waals surface area contributed by atoms with E-state index in [9.17, 15) is 4.79 Å². The number of aromatic nitrogens is 1. The minimum absolute atomic E-state index is 0.234. The van der Waals surface area contributed by atoms with E-state index in [2.05, 4.69) is 27.6 Å². The van der Waals surface area contributed by atoms with Crippen molar-refractivity contribution in [1.29, 1.82) is 0 Å². The highest BCUT2D eigenvalue weighted by molar-refractivity contribution is 14.1. The van der Waals surface area contributed by atoms with Crippen molar-refractivity contribution in [2.75, 3.05) is 7.11 Å². The molecule has 17 heavy (non-hydrogen) atoms. The van der Waals surface area contributed by atoms with E-state index >= 15 is 0 Å². The molecule has 1 N–H and O–H groups in total. The summed E-state index contributed by atoms with van der Waals surface area (Å²) in [7, 11) is 1.67. The van der Waals surface area contributed by atoms with Crippen LogP contribution in [-0.2, 0) is 6.42 Å². The number of ether oxygens (including phenoxy) is 1. The average Bonchev–Trinajstić information content (AvgIpc) is 2.70. The Labute approximate surface area is 113 Å². The van der Waals surface area contributed by atoms with Crippen LogP contribution in [0, 0.1) is 3.57 Å². The first-order valence-electron chi connectivity index (χ1n) is 5.62. The Morgan fingerprint density at radius 1 is 1.35 bits per heavy atom. The quantitative estimate of drug-likeness (QED) is 0.809. The second-order valence-corrected chi connectivity index (χ2v) is 5.45. The van der Waals surface area contributed by atoms with Crippen molar-refractivity contribution < 1.29 is 9.53 Å². The van der Waals surface area contributed by atoms with Crippen LogP contribution in [0.2, 0.25) is 0 Å². The lowest BCUT2D eigenvalue weighted by atomic mass is 9.95. The van der Waals surface area contributed by atoms with Gasteiger partial charge in [-0.05, 0) is 53.1 Å². The lowest BCUT2D eigenvalue weighted by Gasteiger charge is -2.09. The van der Waals surface area contributed by atoms with Crippen molar-refractivity contribution in [3.8, 4) is 5.75 Å². The fourth-order valence-corrected chi connectivity index (χ4v) is 3.18. The number of Topliss-reactive ketones (excluding diaryl/α,β-unsaturated/α-hetero) is 1. The predicted molar refractivity (Wildman–Crippen MR) is 74.8 cm³/mol. The first kappa shape index (κ1) is 11.1. The standard InChI is InChI=1S/C13H12INO2/c1-17-7-5-9-8-3-2-4-11(16)13(8)15-12(9)10(14)6-7/h5-6,15H,2-4H2,1H3. The SMILES string of the molecule is COc1cc(I)c2[nH]c3c(c2c1)CCCC3=O. The zero-order chi connectivity index (χ0) is 12.0. The monoisotopic (exact) mass is 341 g/mol. The molecule has 3 nitrogen and oxygen atoms in total. The third-order valence-electron chi connectivity index (χ3n) is 3.29. The molecule has 4 heteroatoms. The molecule has 2 aromatic rings. The molecule has 0 unspecified atom stereocenters. The number of ketones is 1. The molecule has 0 atom stereocenters. The fraction of sp³-hybridized carbons (Fsp3) is 0.308. The highest BCUT2D eigenvalue weighted by Crippen LogP contribution is 2.34. The minimum Gasteiger partial charge on any atom is -0.497 e. The van der Waals surface area contributed by atoms with Crippen molar-refractivity contribution >= 4 is 39.3 Å². The smallest absolute Gasteiger partial charge is 0.179 e. The lowest BCUT2D eigenvalue weighted by Crippen LogP contribution is -2.09. The van der Waals surface area contributed by atoms with E-state index in [1.807, 2.05) is 12.1 Å². The number of aryl methyl sites for hydroxylation is 1. The molecule has 0 amide bonds. The van der Waals surface area contributed by atoms with E-state index in [0.717, 1.165) is 44.3 Å².